The maximum atomic E-state index is 8.68. The molecular weight excluding hydrogens is 292 g/mol. The van der Waals surface area contributed by atoms with Gasteiger partial charge < -0.3 is 15.5 Å². The lowest BCUT2D eigenvalue weighted by Gasteiger charge is -2.27. The standard InChI is InChI=1S/C13H15ClN6O/c14-11-5-9(13(15)18-21)1-2-10(11)6-19-3-4-20-8-16-17-12(20)7-19/h1-2,5,8,21H,3-4,6-7H2,(H2,15,18). The number of nitrogens with zero attached hydrogens (tertiary/aromatic N) is 5. The van der Waals surface area contributed by atoms with Crippen molar-refractivity contribution in [3.05, 3.63) is 46.5 Å². The average molecular weight is 307 g/mol. The zero-order valence-corrected chi connectivity index (χ0v) is 12.0. The smallest absolute Gasteiger partial charge is 0.170 e. The van der Waals surface area contributed by atoms with E-state index in [4.69, 9.17) is 22.5 Å². The van der Waals surface area contributed by atoms with Crippen LogP contribution in [0.2, 0.25) is 5.02 Å². The normalized spacial score (nSPS) is 16.0. The van der Waals surface area contributed by atoms with Gasteiger partial charge in [0.15, 0.2) is 5.84 Å². The van der Waals surface area contributed by atoms with E-state index in [1.54, 1.807) is 18.5 Å². The maximum Gasteiger partial charge on any atom is 0.170 e. The van der Waals surface area contributed by atoms with Crippen LogP contribution in [0.4, 0.5) is 0 Å². The molecule has 0 atom stereocenters. The van der Waals surface area contributed by atoms with Crippen molar-refractivity contribution in [3.63, 3.8) is 0 Å². The van der Waals surface area contributed by atoms with E-state index in [9.17, 15) is 0 Å². The molecule has 0 unspecified atom stereocenters. The second-order valence-corrected chi connectivity index (χ2v) is 5.35. The lowest BCUT2D eigenvalue weighted by atomic mass is 10.1. The molecule has 2 heterocycles. The minimum Gasteiger partial charge on any atom is -0.409 e. The third-order valence-corrected chi connectivity index (χ3v) is 3.92. The van der Waals surface area contributed by atoms with Gasteiger partial charge in [0.2, 0.25) is 0 Å². The van der Waals surface area contributed by atoms with E-state index < -0.39 is 0 Å². The zero-order valence-electron chi connectivity index (χ0n) is 11.3. The Bertz CT molecular complexity index is 683. The first-order valence-corrected chi connectivity index (χ1v) is 6.90. The predicted molar refractivity (Wildman–Crippen MR) is 78.1 cm³/mol. The fourth-order valence-electron chi connectivity index (χ4n) is 2.38. The summed E-state index contributed by atoms with van der Waals surface area (Å²) in [5, 5.41) is 20.3. The van der Waals surface area contributed by atoms with Crippen LogP contribution >= 0.6 is 11.6 Å². The van der Waals surface area contributed by atoms with Crippen LogP contribution in [0.5, 0.6) is 0 Å². The first-order chi connectivity index (χ1) is 10.2. The molecule has 0 aliphatic carbocycles. The topological polar surface area (TPSA) is 92.6 Å². The van der Waals surface area contributed by atoms with Crippen LogP contribution in [-0.4, -0.2) is 37.3 Å². The molecule has 0 spiro atoms. The molecule has 0 saturated heterocycles. The third-order valence-electron chi connectivity index (χ3n) is 3.57. The number of rotatable bonds is 3. The number of benzene rings is 1. The second kappa shape index (κ2) is 5.71. The molecular formula is C13H15ClN6O. The van der Waals surface area contributed by atoms with E-state index in [0.29, 0.717) is 10.6 Å². The van der Waals surface area contributed by atoms with E-state index in [-0.39, 0.29) is 5.84 Å². The molecule has 0 bridgehead atoms. The predicted octanol–water partition coefficient (Wildman–Crippen LogP) is 1.04. The van der Waals surface area contributed by atoms with Crippen molar-refractivity contribution in [2.75, 3.05) is 6.54 Å². The van der Waals surface area contributed by atoms with Crippen molar-refractivity contribution in [2.45, 2.75) is 19.6 Å². The highest BCUT2D eigenvalue weighted by molar-refractivity contribution is 6.31. The Morgan fingerprint density at radius 3 is 3.05 bits per heavy atom. The van der Waals surface area contributed by atoms with E-state index in [2.05, 4.69) is 24.8 Å². The molecule has 1 aliphatic rings. The number of oxime groups is 1. The maximum absolute atomic E-state index is 8.68. The van der Waals surface area contributed by atoms with Crippen LogP contribution in [0.15, 0.2) is 29.7 Å². The summed E-state index contributed by atoms with van der Waals surface area (Å²) in [7, 11) is 0. The van der Waals surface area contributed by atoms with Gasteiger partial charge in [-0.05, 0) is 11.6 Å². The first-order valence-electron chi connectivity index (χ1n) is 6.52. The summed E-state index contributed by atoms with van der Waals surface area (Å²) in [5.41, 5.74) is 7.15. The molecule has 0 fully saturated rings. The van der Waals surface area contributed by atoms with Crippen LogP contribution in [0.25, 0.3) is 0 Å². The van der Waals surface area contributed by atoms with Gasteiger partial charge in [0, 0.05) is 30.2 Å². The summed E-state index contributed by atoms with van der Waals surface area (Å²) in [6.07, 6.45) is 1.76. The molecule has 0 amide bonds. The summed E-state index contributed by atoms with van der Waals surface area (Å²) in [6, 6.07) is 5.40. The summed E-state index contributed by atoms with van der Waals surface area (Å²) in [6.45, 7) is 3.27. The number of aromatic nitrogens is 3. The Hall–Kier alpha value is -2.12. The second-order valence-electron chi connectivity index (χ2n) is 4.94. The van der Waals surface area contributed by atoms with Crippen molar-refractivity contribution in [1.82, 2.24) is 19.7 Å². The number of hydrogen-bond acceptors (Lipinski definition) is 5. The number of halogens is 1. The van der Waals surface area contributed by atoms with E-state index in [0.717, 1.165) is 37.6 Å². The highest BCUT2D eigenvalue weighted by Gasteiger charge is 2.18. The molecule has 0 saturated carbocycles. The molecule has 0 radical (unpaired) electrons. The van der Waals surface area contributed by atoms with Crippen molar-refractivity contribution >= 4 is 17.4 Å². The Labute approximate surface area is 126 Å². The van der Waals surface area contributed by atoms with Crippen molar-refractivity contribution < 1.29 is 5.21 Å². The van der Waals surface area contributed by atoms with Gasteiger partial charge in [-0.1, -0.05) is 28.9 Å². The third kappa shape index (κ3) is 2.84. The highest BCUT2D eigenvalue weighted by Crippen LogP contribution is 2.21. The monoisotopic (exact) mass is 306 g/mol. The van der Waals surface area contributed by atoms with Crippen molar-refractivity contribution in [2.24, 2.45) is 10.9 Å². The molecule has 3 N–H and O–H groups in total. The fraction of sp³-hybridized carbons (Fsp3) is 0.308. The quantitative estimate of drug-likeness (QED) is 0.382. The largest absolute Gasteiger partial charge is 0.409 e. The van der Waals surface area contributed by atoms with Gasteiger partial charge in [0.05, 0.1) is 6.54 Å². The van der Waals surface area contributed by atoms with Crippen molar-refractivity contribution in [1.29, 1.82) is 0 Å². The molecule has 2 aromatic rings. The molecule has 8 heteroatoms. The van der Waals surface area contributed by atoms with Gasteiger partial charge >= 0.3 is 0 Å². The lowest BCUT2D eigenvalue weighted by Crippen LogP contribution is -2.33. The number of amidine groups is 1. The van der Waals surface area contributed by atoms with Crippen LogP contribution in [0, 0.1) is 0 Å². The van der Waals surface area contributed by atoms with E-state index >= 15 is 0 Å². The van der Waals surface area contributed by atoms with Gasteiger partial charge in [0.1, 0.15) is 12.2 Å². The number of hydrogen-bond donors (Lipinski definition) is 2. The SMILES string of the molecule is N/C(=N/O)c1ccc(CN2CCn3cnnc3C2)c(Cl)c1. The van der Waals surface area contributed by atoms with Crippen molar-refractivity contribution in [3.8, 4) is 0 Å². The minimum absolute atomic E-state index is 0.0505. The first kappa shape index (κ1) is 13.8. The zero-order chi connectivity index (χ0) is 14.8. The average Bonchev–Trinajstić information content (AvgIpc) is 2.96. The van der Waals surface area contributed by atoms with Gasteiger partial charge in [0.25, 0.3) is 0 Å². The molecule has 3 rings (SSSR count). The van der Waals surface area contributed by atoms with E-state index in [1.807, 2.05) is 6.07 Å². The van der Waals surface area contributed by atoms with Crippen LogP contribution in [-0.2, 0) is 19.6 Å². The summed E-state index contributed by atoms with van der Waals surface area (Å²) in [4.78, 5) is 2.26. The highest BCUT2D eigenvalue weighted by atomic mass is 35.5. The Kier molecular flexibility index (Phi) is 3.76. The molecule has 1 aromatic carbocycles. The van der Waals surface area contributed by atoms with Crippen LogP contribution < -0.4 is 5.73 Å². The van der Waals surface area contributed by atoms with Gasteiger partial charge in [-0.3, -0.25) is 4.90 Å². The summed E-state index contributed by atoms with van der Waals surface area (Å²) >= 11 is 6.28. The van der Waals surface area contributed by atoms with Gasteiger partial charge in [-0.2, -0.15) is 0 Å². The molecule has 110 valence electrons. The van der Waals surface area contributed by atoms with Crippen LogP contribution in [0.3, 0.4) is 0 Å². The Morgan fingerprint density at radius 2 is 2.29 bits per heavy atom. The number of fused-ring (bicyclic) bond motifs is 1. The molecule has 1 aliphatic heterocycles. The fourth-order valence-corrected chi connectivity index (χ4v) is 2.63. The van der Waals surface area contributed by atoms with Crippen LogP contribution in [0.1, 0.15) is 17.0 Å². The van der Waals surface area contributed by atoms with E-state index in [1.165, 1.54) is 0 Å². The molecule has 1 aromatic heterocycles. The lowest BCUT2D eigenvalue weighted by molar-refractivity contribution is 0.209. The number of nitrogens with two attached hydrogens (primary N) is 1. The van der Waals surface area contributed by atoms with Gasteiger partial charge in [-0.15, -0.1) is 10.2 Å². The molecule has 7 nitrogen and oxygen atoms in total. The summed E-state index contributed by atoms with van der Waals surface area (Å²) < 4.78 is 2.06. The molecule has 21 heavy (non-hydrogen) atoms. The Morgan fingerprint density at radius 1 is 1.43 bits per heavy atom. The summed E-state index contributed by atoms with van der Waals surface area (Å²) in [5.74, 6) is 1.01. The minimum atomic E-state index is 0.0505. The van der Waals surface area contributed by atoms with Gasteiger partial charge in [-0.25, -0.2) is 0 Å². The Balaban J connectivity index is 1.74.